The number of hydrogen-bond acceptors (Lipinski definition) is 12. The van der Waals surface area contributed by atoms with Gasteiger partial charge in [-0.15, -0.1) is 11.8 Å². The average molecular weight is 649 g/mol. The van der Waals surface area contributed by atoms with Crippen molar-refractivity contribution in [1.82, 2.24) is 14.7 Å². The summed E-state index contributed by atoms with van der Waals surface area (Å²) in [6, 6.07) is -1.39. The van der Waals surface area contributed by atoms with Crippen LogP contribution < -0.4 is 0 Å². The van der Waals surface area contributed by atoms with E-state index in [0.29, 0.717) is 4.91 Å². The molecule has 14 nitrogen and oxygen atoms in total. The number of hydrogen-bond donors (Lipinski definition) is 2. The van der Waals surface area contributed by atoms with Crippen LogP contribution in [-0.2, 0) is 33.4 Å². The normalized spacial score (nSPS) is 29.2. The van der Waals surface area contributed by atoms with Crippen molar-refractivity contribution < 1.29 is 48.5 Å². The molecule has 3 fully saturated rings. The molecular formula is C30H40N4O10S. The smallest absolute Gasteiger partial charge is 0.410 e. The summed E-state index contributed by atoms with van der Waals surface area (Å²) in [7, 11) is 0. The molecule has 0 aliphatic carbocycles. The Morgan fingerprint density at radius 3 is 2.44 bits per heavy atom. The van der Waals surface area contributed by atoms with Crippen molar-refractivity contribution in [3.63, 3.8) is 0 Å². The molecule has 4 rings (SSSR count). The van der Waals surface area contributed by atoms with Crippen LogP contribution in [0.15, 0.2) is 41.1 Å². The zero-order valence-electron chi connectivity index (χ0n) is 25.6. The number of aliphatic hydroxyl groups is 1. The second kappa shape index (κ2) is 14.5. The van der Waals surface area contributed by atoms with E-state index in [2.05, 4.69) is 18.3 Å². The number of carbonyl (C=O) groups is 5. The van der Waals surface area contributed by atoms with Crippen molar-refractivity contribution in [2.24, 2.45) is 22.9 Å². The first kappa shape index (κ1) is 34.0. The molecule has 15 heteroatoms. The Bertz CT molecular complexity index is 1300. The Hall–Kier alpha value is -3.85. The molecular weight excluding hydrogens is 608 g/mol. The van der Waals surface area contributed by atoms with E-state index in [4.69, 9.17) is 14.2 Å². The molecule has 0 saturated carbocycles. The van der Waals surface area contributed by atoms with Gasteiger partial charge in [0.1, 0.15) is 30.9 Å². The van der Waals surface area contributed by atoms with Gasteiger partial charge in [0, 0.05) is 42.1 Å². The summed E-state index contributed by atoms with van der Waals surface area (Å²) in [5.74, 6) is -4.04. The van der Waals surface area contributed by atoms with Crippen molar-refractivity contribution in [3.05, 3.63) is 35.9 Å². The summed E-state index contributed by atoms with van der Waals surface area (Å²) < 4.78 is 15.7. The van der Waals surface area contributed by atoms with Crippen LogP contribution in [-0.4, -0.2) is 123 Å². The molecule has 45 heavy (non-hydrogen) atoms. The number of thioether (sulfide) groups is 1. The summed E-state index contributed by atoms with van der Waals surface area (Å²) in [6.45, 7) is 12.4. The van der Waals surface area contributed by atoms with Crippen LogP contribution in [0.4, 0.5) is 4.79 Å². The maximum Gasteiger partial charge on any atom is 0.410 e. The lowest BCUT2D eigenvalue weighted by Crippen LogP contribution is -2.63. The van der Waals surface area contributed by atoms with Gasteiger partial charge in [-0.25, -0.2) is 9.59 Å². The number of aliphatic hydroxyl groups excluding tert-OH is 1. The highest BCUT2D eigenvalue weighted by Crippen LogP contribution is 2.52. The lowest BCUT2D eigenvalue weighted by Gasteiger charge is -2.46. The van der Waals surface area contributed by atoms with Crippen molar-refractivity contribution in [2.75, 3.05) is 39.5 Å². The van der Waals surface area contributed by atoms with E-state index >= 15 is 0 Å². The molecule has 3 saturated heterocycles. The van der Waals surface area contributed by atoms with Gasteiger partial charge in [0.2, 0.25) is 11.8 Å². The third-order valence-corrected chi connectivity index (χ3v) is 9.98. The summed E-state index contributed by atoms with van der Waals surface area (Å²) >= 11 is 1.30. The highest BCUT2D eigenvalue weighted by molar-refractivity contribution is 8.03. The number of ether oxygens (including phenoxy) is 3. The van der Waals surface area contributed by atoms with Crippen molar-refractivity contribution in [2.45, 2.75) is 57.1 Å². The van der Waals surface area contributed by atoms with E-state index in [1.54, 1.807) is 6.92 Å². The summed E-state index contributed by atoms with van der Waals surface area (Å²) in [5, 5.41) is 22.6. The van der Waals surface area contributed by atoms with Gasteiger partial charge in [-0.2, -0.15) is 0 Å². The third kappa shape index (κ3) is 6.59. The Labute approximate surface area is 265 Å². The predicted octanol–water partition coefficient (Wildman–Crippen LogP) is 1.53. The van der Waals surface area contributed by atoms with Gasteiger partial charge in [-0.1, -0.05) is 37.4 Å². The maximum absolute atomic E-state index is 13.9. The number of piperidine rings is 1. The number of nitrogens with zero attached hydrogens (tertiary/aromatic N) is 4. The minimum Gasteiger partial charge on any atom is -0.465 e. The quantitative estimate of drug-likeness (QED) is 0.0830. The largest absolute Gasteiger partial charge is 0.465 e. The van der Waals surface area contributed by atoms with E-state index in [0.717, 1.165) is 0 Å². The molecule has 4 heterocycles. The van der Waals surface area contributed by atoms with Gasteiger partial charge in [0.05, 0.1) is 30.4 Å². The number of esters is 2. The number of oxime groups is 1. The Balaban J connectivity index is 1.60. The first-order chi connectivity index (χ1) is 21.5. The minimum atomic E-state index is -0.951. The molecule has 0 bridgehead atoms. The number of rotatable bonds is 11. The highest BCUT2D eigenvalue weighted by Gasteiger charge is 2.60. The van der Waals surface area contributed by atoms with Crippen molar-refractivity contribution in [1.29, 1.82) is 0 Å². The fourth-order valence-electron chi connectivity index (χ4n) is 6.41. The lowest BCUT2D eigenvalue weighted by atomic mass is 9.79. The van der Waals surface area contributed by atoms with Gasteiger partial charge < -0.3 is 34.3 Å². The van der Waals surface area contributed by atoms with Gasteiger partial charge in [-0.05, 0) is 20.3 Å². The molecule has 246 valence electrons. The maximum atomic E-state index is 13.9. The molecule has 4 aliphatic rings. The fourth-order valence-corrected chi connectivity index (χ4v) is 7.93. The van der Waals surface area contributed by atoms with E-state index in [1.807, 2.05) is 6.92 Å². The van der Waals surface area contributed by atoms with Crippen molar-refractivity contribution >= 4 is 47.3 Å². The molecule has 0 aromatic carbocycles. The fraction of sp³-hybridized carbons (Fsp3) is 0.600. The zero-order valence-corrected chi connectivity index (χ0v) is 26.4. The Morgan fingerprint density at radius 2 is 1.82 bits per heavy atom. The van der Waals surface area contributed by atoms with Crippen LogP contribution in [0.3, 0.4) is 0 Å². The van der Waals surface area contributed by atoms with Gasteiger partial charge in [-0.3, -0.25) is 19.3 Å². The SMILES string of the molecule is C=CCOC(=O)C1=C(S[C@H]2C[C@@H](C(=O)N3CC/C(=N\O)C(C(=O)OCC)C3)N(C(=O)OCC=C)C2)[C@H](C)[C@@H]2[C@@H]([C@@H](C)O)C(=O)N12. The second-order valence-electron chi connectivity index (χ2n) is 11.3. The number of carbonyl (C=O) groups excluding carboxylic acids is 5. The number of fused-ring (bicyclic) bond motifs is 1. The topological polar surface area (TPSA) is 176 Å². The first-order valence-corrected chi connectivity index (χ1v) is 15.8. The van der Waals surface area contributed by atoms with Gasteiger partial charge in [0.25, 0.3) is 0 Å². The van der Waals surface area contributed by atoms with Gasteiger partial charge in [0.15, 0.2) is 0 Å². The first-order valence-electron chi connectivity index (χ1n) is 14.9. The molecule has 0 aromatic rings. The summed E-state index contributed by atoms with van der Waals surface area (Å²) in [5.41, 5.74) is 0.313. The number of likely N-dealkylation sites (tertiary alicyclic amines) is 2. The predicted molar refractivity (Wildman–Crippen MR) is 162 cm³/mol. The second-order valence-corrected chi connectivity index (χ2v) is 12.6. The lowest BCUT2D eigenvalue weighted by molar-refractivity contribution is -0.164. The summed E-state index contributed by atoms with van der Waals surface area (Å²) in [4.78, 5) is 70.6. The molecule has 2 N–H and O–H groups in total. The van der Waals surface area contributed by atoms with Crippen LogP contribution in [0.1, 0.15) is 33.6 Å². The standard InChI is InChI=1S/C30H40N4O10S/c1-6-11-43-29(39)24-25(16(4)23-22(17(5)35)27(37)34(23)24)45-18-13-21(33(14-18)30(40)44-12-7-2)26(36)32-10-9-20(31-41)19(15-32)28(38)42-8-3/h6-7,16-19,21-23,35,41H,1-2,8-15H2,3-5H3/b31-20+/t16-,17-,18+,19?,21+,22-,23-/m1/s1. The molecule has 1 unspecified atom stereocenters. The zero-order chi connectivity index (χ0) is 33.0. The molecule has 0 radical (unpaired) electrons. The summed E-state index contributed by atoms with van der Waals surface area (Å²) in [6.07, 6.45) is 1.53. The Kier molecular flexibility index (Phi) is 11.0. The monoisotopic (exact) mass is 648 g/mol. The minimum absolute atomic E-state index is 0.0601. The average Bonchev–Trinajstić information content (AvgIpc) is 3.55. The third-order valence-electron chi connectivity index (χ3n) is 8.49. The number of amides is 3. The number of β-lactam (4-membered cyclic amide) rings is 1. The van der Waals surface area contributed by atoms with Crippen LogP contribution in [0, 0.1) is 17.8 Å². The molecule has 4 aliphatic heterocycles. The van der Waals surface area contributed by atoms with Crippen LogP contribution in [0.2, 0.25) is 0 Å². The molecule has 3 amide bonds. The van der Waals surface area contributed by atoms with Crippen LogP contribution >= 0.6 is 11.8 Å². The van der Waals surface area contributed by atoms with Crippen molar-refractivity contribution in [3.8, 4) is 0 Å². The van der Waals surface area contributed by atoms with Gasteiger partial charge >= 0.3 is 18.0 Å². The van der Waals surface area contributed by atoms with E-state index in [-0.39, 0.29) is 80.8 Å². The van der Waals surface area contributed by atoms with E-state index < -0.39 is 54.0 Å². The van der Waals surface area contributed by atoms with Crippen LogP contribution in [0.25, 0.3) is 0 Å². The van der Waals surface area contributed by atoms with Crippen LogP contribution in [0.5, 0.6) is 0 Å². The molecule has 7 atom stereocenters. The molecule has 0 spiro atoms. The van der Waals surface area contributed by atoms with E-state index in [9.17, 15) is 34.3 Å². The highest BCUT2D eigenvalue weighted by atomic mass is 32.2. The van der Waals surface area contributed by atoms with E-state index in [1.165, 1.54) is 45.5 Å². The molecule has 0 aromatic heterocycles. The Morgan fingerprint density at radius 1 is 1.13 bits per heavy atom.